The molecule has 1 aliphatic rings. The highest BCUT2D eigenvalue weighted by Gasteiger charge is 2.26. The number of rotatable bonds is 3. The quantitative estimate of drug-likeness (QED) is 0.629. The molecule has 0 unspecified atom stereocenters. The van der Waals surface area contributed by atoms with Crippen LogP contribution in [0.4, 0.5) is 0 Å². The molecule has 0 bridgehead atoms. The Kier molecular flexibility index (Phi) is 4.89. The summed E-state index contributed by atoms with van der Waals surface area (Å²) in [6, 6.07) is 17.7. The average Bonchev–Trinajstić information content (AvgIpc) is 2.69. The highest BCUT2D eigenvalue weighted by molar-refractivity contribution is 9.10. The number of benzene rings is 2. The van der Waals surface area contributed by atoms with Gasteiger partial charge in [-0.05, 0) is 44.9 Å². The number of ether oxygens (including phenoxy) is 1. The van der Waals surface area contributed by atoms with Crippen LogP contribution >= 0.6 is 15.9 Å². The largest absolute Gasteiger partial charge is 0.473 e. The van der Waals surface area contributed by atoms with Gasteiger partial charge in [0.1, 0.15) is 6.10 Å². The zero-order chi connectivity index (χ0) is 17.9. The van der Waals surface area contributed by atoms with E-state index >= 15 is 0 Å². The van der Waals surface area contributed by atoms with Crippen molar-refractivity contribution in [3.05, 3.63) is 70.8 Å². The summed E-state index contributed by atoms with van der Waals surface area (Å²) in [5.74, 6) is 0.714. The van der Waals surface area contributed by atoms with Crippen molar-refractivity contribution in [2.24, 2.45) is 0 Å². The Labute approximate surface area is 160 Å². The monoisotopic (exact) mass is 410 g/mol. The summed E-state index contributed by atoms with van der Waals surface area (Å²) in [6.07, 6.45) is 3.41. The SMILES string of the molecule is O=C(c1cccc2ccccc12)N1CCC(Oc2ncccc2Br)CC1. The Balaban J connectivity index is 1.44. The number of hydrogen-bond acceptors (Lipinski definition) is 3. The van der Waals surface area contributed by atoms with Crippen molar-refractivity contribution in [1.82, 2.24) is 9.88 Å². The van der Waals surface area contributed by atoms with E-state index in [1.165, 1.54) is 0 Å². The lowest BCUT2D eigenvalue weighted by Gasteiger charge is -2.32. The Hall–Kier alpha value is -2.40. The van der Waals surface area contributed by atoms with Crippen molar-refractivity contribution in [2.75, 3.05) is 13.1 Å². The summed E-state index contributed by atoms with van der Waals surface area (Å²) in [5.41, 5.74) is 0.773. The number of likely N-dealkylation sites (tertiary alicyclic amines) is 1. The lowest BCUT2D eigenvalue weighted by molar-refractivity contribution is 0.0588. The van der Waals surface area contributed by atoms with Gasteiger partial charge in [0.05, 0.1) is 4.47 Å². The van der Waals surface area contributed by atoms with E-state index in [2.05, 4.69) is 20.9 Å². The number of aromatic nitrogens is 1. The van der Waals surface area contributed by atoms with E-state index in [0.717, 1.165) is 33.7 Å². The maximum atomic E-state index is 13.0. The minimum atomic E-state index is 0.0813. The van der Waals surface area contributed by atoms with Crippen LogP contribution in [0.2, 0.25) is 0 Å². The average molecular weight is 411 g/mol. The molecule has 5 heteroatoms. The third kappa shape index (κ3) is 3.44. The van der Waals surface area contributed by atoms with Crippen LogP contribution in [0.1, 0.15) is 23.2 Å². The maximum absolute atomic E-state index is 13.0. The first-order valence-electron chi connectivity index (χ1n) is 8.76. The van der Waals surface area contributed by atoms with Crippen LogP contribution in [-0.2, 0) is 0 Å². The molecule has 4 nitrogen and oxygen atoms in total. The Morgan fingerprint density at radius 3 is 2.62 bits per heavy atom. The summed E-state index contributed by atoms with van der Waals surface area (Å²) >= 11 is 3.46. The minimum absolute atomic E-state index is 0.0813. The van der Waals surface area contributed by atoms with Crippen molar-refractivity contribution in [3.63, 3.8) is 0 Å². The predicted molar refractivity (Wildman–Crippen MR) is 105 cm³/mol. The molecule has 0 saturated carbocycles. The van der Waals surface area contributed by atoms with E-state index in [1.807, 2.05) is 59.5 Å². The summed E-state index contributed by atoms with van der Waals surface area (Å²) < 4.78 is 6.85. The normalized spacial score (nSPS) is 15.2. The van der Waals surface area contributed by atoms with Crippen molar-refractivity contribution in [2.45, 2.75) is 18.9 Å². The zero-order valence-electron chi connectivity index (χ0n) is 14.3. The molecular formula is C21H19BrN2O2. The number of carbonyl (C=O) groups is 1. The third-order valence-corrected chi connectivity index (χ3v) is 5.36. The second-order valence-corrected chi connectivity index (χ2v) is 7.28. The molecule has 2 heterocycles. The molecule has 1 aliphatic heterocycles. The molecule has 0 N–H and O–H groups in total. The van der Waals surface area contributed by atoms with Gasteiger partial charge in [-0.1, -0.05) is 36.4 Å². The van der Waals surface area contributed by atoms with Crippen molar-refractivity contribution < 1.29 is 9.53 Å². The number of nitrogens with zero attached hydrogens (tertiary/aromatic N) is 2. The van der Waals surface area contributed by atoms with E-state index in [1.54, 1.807) is 6.20 Å². The molecular weight excluding hydrogens is 392 g/mol. The summed E-state index contributed by atoms with van der Waals surface area (Å²) in [7, 11) is 0. The second-order valence-electron chi connectivity index (χ2n) is 6.43. The molecule has 1 amide bonds. The van der Waals surface area contributed by atoms with Crippen LogP contribution in [-0.4, -0.2) is 35.0 Å². The lowest BCUT2D eigenvalue weighted by atomic mass is 10.0. The molecule has 0 atom stereocenters. The summed E-state index contributed by atoms with van der Waals surface area (Å²) in [5, 5.41) is 2.10. The Morgan fingerprint density at radius 2 is 1.81 bits per heavy atom. The fraction of sp³-hybridized carbons (Fsp3) is 0.238. The molecule has 1 saturated heterocycles. The highest BCUT2D eigenvalue weighted by Crippen LogP contribution is 2.26. The van der Waals surface area contributed by atoms with Crippen molar-refractivity contribution >= 4 is 32.6 Å². The first-order valence-corrected chi connectivity index (χ1v) is 9.56. The molecule has 4 rings (SSSR count). The Morgan fingerprint density at radius 1 is 1.04 bits per heavy atom. The van der Waals surface area contributed by atoms with E-state index in [9.17, 15) is 4.79 Å². The van der Waals surface area contributed by atoms with Crippen LogP contribution < -0.4 is 4.74 Å². The fourth-order valence-electron chi connectivity index (χ4n) is 3.37. The van der Waals surface area contributed by atoms with Gasteiger partial charge < -0.3 is 9.64 Å². The van der Waals surface area contributed by atoms with Gasteiger partial charge in [-0.15, -0.1) is 0 Å². The smallest absolute Gasteiger partial charge is 0.254 e. The van der Waals surface area contributed by atoms with Gasteiger partial charge in [-0.3, -0.25) is 4.79 Å². The van der Waals surface area contributed by atoms with Gasteiger partial charge in [0.2, 0.25) is 5.88 Å². The maximum Gasteiger partial charge on any atom is 0.254 e. The molecule has 0 aliphatic carbocycles. The van der Waals surface area contributed by atoms with Crippen LogP contribution in [0.15, 0.2) is 65.3 Å². The van der Waals surface area contributed by atoms with E-state index in [0.29, 0.717) is 19.0 Å². The van der Waals surface area contributed by atoms with Crippen LogP contribution in [0.25, 0.3) is 10.8 Å². The van der Waals surface area contributed by atoms with Crippen LogP contribution in [0, 0.1) is 0 Å². The van der Waals surface area contributed by atoms with Gasteiger partial charge in [0, 0.05) is 37.7 Å². The second kappa shape index (κ2) is 7.46. The molecule has 132 valence electrons. The summed E-state index contributed by atoms with van der Waals surface area (Å²) in [4.78, 5) is 19.2. The molecule has 2 aromatic carbocycles. The number of hydrogen-bond donors (Lipinski definition) is 0. The zero-order valence-corrected chi connectivity index (χ0v) is 15.9. The Bertz CT molecular complexity index is 931. The van der Waals surface area contributed by atoms with E-state index in [-0.39, 0.29) is 12.0 Å². The van der Waals surface area contributed by atoms with E-state index < -0.39 is 0 Å². The number of pyridine rings is 1. The molecule has 26 heavy (non-hydrogen) atoms. The van der Waals surface area contributed by atoms with Gasteiger partial charge in [-0.2, -0.15) is 0 Å². The predicted octanol–water partition coefficient (Wildman–Crippen LogP) is 4.68. The topological polar surface area (TPSA) is 42.4 Å². The highest BCUT2D eigenvalue weighted by atomic mass is 79.9. The molecule has 0 radical (unpaired) electrons. The number of fused-ring (bicyclic) bond motifs is 1. The molecule has 3 aromatic rings. The van der Waals surface area contributed by atoms with Gasteiger partial charge in [0.25, 0.3) is 5.91 Å². The third-order valence-electron chi connectivity index (χ3n) is 4.75. The van der Waals surface area contributed by atoms with Crippen molar-refractivity contribution in [3.8, 4) is 5.88 Å². The van der Waals surface area contributed by atoms with Gasteiger partial charge in [0.15, 0.2) is 0 Å². The van der Waals surface area contributed by atoms with Crippen molar-refractivity contribution in [1.29, 1.82) is 0 Å². The number of halogens is 1. The molecule has 0 spiro atoms. The van der Waals surface area contributed by atoms with Gasteiger partial charge in [-0.25, -0.2) is 4.98 Å². The number of carbonyl (C=O) groups excluding carboxylic acids is 1. The first-order chi connectivity index (χ1) is 12.7. The van der Waals surface area contributed by atoms with Crippen LogP contribution in [0.5, 0.6) is 5.88 Å². The van der Waals surface area contributed by atoms with E-state index in [4.69, 9.17) is 4.74 Å². The fourth-order valence-corrected chi connectivity index (χ4v) is 3.72. The molecule has 1 fully saturated rings. The molecule has 1 aromatic heterocycles. The minimum Gasteiger partial charge on any atom is -0.473 e. The van der Waals surface area contributed by atoms with Gasteiger partial charge >= 0.3 is 0 Å². The lowest BCUT2D eigenvalue weighted by Crippen LogP contribution is -2.42. The number of piperidine rings is 1. The standard InChI is InChI=1S/C21H19BrN2O2/c22-19-9-4-12-23-20(19)26-16-10-13-24(14-11-16)21(25)18-8-3-6-15-5-1-2-7-17(15)18/h1-9,12,16H,10-11,13-14H2. The first kappa shape index (κ1) is 17.0. The van der Waals surface area contributed by atoms with Crippen LogP contribution in [0.3, 0.4) is 0 Å². The number of amides is 1. The summed E-state index contributed by atoms with van der Waals surface area (Å²) in [6.45, 7) is 1.38.